The van der Waals surface area contributed by atoms with Crippen LogP contribution in [0.5, 0.6) is 0 Å². The van der Waals surface area contributed by atoms with E-state index in [-0.39, 0.29) is 42.2 Å². The maximum atomic E-state index is 12.5. The van der Waals surface area contributed by atoms with E-state index in [9.17, 15) is 18.0 Å². The molecule has 3 N–H and O–H groups in total. The number of nitrogens with zero attached hydrogens (tertiary/aromatic N) is 1. The van der Waals surface area contributed by atoms with E-state index in [4.69, 9.17) is 4.74 Å². The maximum absolute atomic E-state index is 12.5. The first kappa shape index (κ1) is 16.9. The number of carbonyl (C=O) groups excluding carboxylic acids is 2. The molecule has 1 aromatic heterocycles. The van der Waals surface area contributed by atoms with Crippen molar-refractivity contribution in [1.29, 1.82) is 0 Å². The van der Waals surface area contributed by atoms with Crippen LogP contribution in [0.3, 0.4) is 0 Å². The second-order valence-corrected chi connectivity index (χ2v) is 7.73. The first-order valence-electron chi connectivity index (χ1n) is 7.81. The van der Waals surface area contributed by atoms with Gasteiger partial charge in [0.2, 0.25) is 15.9 Å². The van der Waals surface area contributed by atoms with Gasteiger partial charge >= 0.3 is 0 Å². The molecule has 0 radical (unpaired) electrons. The number of ether oxygens (including phenoxy) is 1. The zero-order valence-electron chi connectivity index (χ0n) is 13.1. The van der Waals surface area contributed by atoms with Crippen LogP contribution in [0, 0.1) is 0 Å². The van der Waals surface area contributed by atoms with Crippen molar-refractivity contribution in [2.75, 3.05) is 32.8 Å². The highest BCUT2D eigenvalue weighted by molar-refractivity contribution is 7.89. The number of sulfonamides is 1. The molecule has 2 heterocycles. The fraction of sp³-hybridized carbons (Fsp3) is 0.571. The van der Waals surface area contributed by atoms with E-state index < -0.39 is 15.9 Å². The molecule has 1 aliphatic carbocycles. The summed E-state index contributed by atoms with van der Waals surface area (Å²) in [7, 11) is -3.65. The minimum Gasteiger partial charge on any atom is -0.379 e. The van der Waals surface area contributed by atoms with Gasteiger partial charge in [-0.05, 0) is 18.9 Å². The molecule has 2 aliphatic rings. The number of H-pyrrole nitrogens is 1. The molecule has 2 fully saturated rings. The van der Waals surface area contributed by atoms with Crippen molar-refractivity contribution >= 4 is 21.8 Å². The Kier molecular flexibility index (Phi) is 4.88. The Labute approximate surface area is 139 Å². The fourth-order valence-corrected chi connectivity index (χ4v) is 3.76. The smallest absolute Gasteiger partial charge is 0.268 e. The molecule has 3 rings (SSSR count). The third kappa shape index (κ3) is 3.94. The Morgan fingerprint density at radius 1 is 1.29 bits per heavy atom. The second-order valence-electron chi connectivity index (χ2n) is 5.79. The molecule has 0 spiro atoms. The summed E-state index contributed by atoms with van der Waals surface area (Å²) in [6.07, 6.45) is 3.22. The molecule has 24 heavy (non-hydrogen) atoms. The third-order valence-corrected chi connectivity index (χ3v) is 5.74. The number of carbonyl (C=O) groups is 2. The van der Waals surface area contributed by atoms with Gasteiger partial charge in [-0.25, -0.2) is 8.42 Å². The van der Waals surface area contributed by atoms with E-state index >= 15 is 0 Å². The first-order chi connectivity index (χ1) is 11.5. The first-order valence-corrected chi connectivity index (χ1v) is 9.25. The van der Waals surface area contributed by atoms with E-state index in [1.54, 1.807) is 0 Å². The van der Waals surface area contributed by atoms with E-state index in [1.807, 2.05) is 0 Å². The maximum Gasteiger partial charge on any atom is 0.268 e. The van der Waals surface area contributed by atoms with Crippen molar-refractivity contribution in [2.24, 2.45) is 0 Å². The lowest BCUT2D eigenvalue weighted by Crippen LogP contribution is -2.40. The summed E-state index contributed by atoms with van der Waals surface area (Å²) in [5.41, 5.74) is 0.0982. The van der Waals surface area contributed by atoms with Crippen LogP contribution in [0.25, 0.3) is 0 Å². The summed E-state index contributed by atoms with van der Waals surface area (Å²) < 4.78 is 31.4. The predicted octanol–water partition coefficient (Wildman–Crippen LogP) is -0.956. The average Bonchev–Trinajstić information content (AvgIpc) is 3.24. The highest BCUT2D eigenvalue weighted by Crippen LogP contribution is 2.19. The highest BCUT2D eigenvalue weighted by atomic mass is 32.2. The van der Waals surface area contributed by atoms with Crippen molar-refractivity contribution in [3.05, 3.63) is 18.0 Å². The molecule has 1 saturated heterocycles. The van der Waals surface area contributed by atoms with E-state index in [0.29, 0.717) is 13.2 Å². The molecule has 132 valence electrons. The van der Waals surface area contributed by atoms with Gasteiger partial charge in [-0.3, -0.25) is 9.59 Å². The van der Waals surface area contributed by atoms with Gasteiger partial charge in [0.25, 0.3) is 5.91 Å². The van der Waals surface area contributed by atoms with Crippen LogP contribution in [0.2, 0.25) is 0 Å². The summed E-state index contributed by atoms with van der Waals surface area (Å²) >= 11 is 0. The summed E-state index contributed by atoms with van der Waals surface area (Å²) in [4.78, 5) is 26.2. The summed E-state index contributed by atoms with van der Waals surface area (Å²) in [6, 6.07) is 1.50. The topological polar surface area (TPSA) is 121 Å². The molecule has 1 saturated carbocycles. The monoisotopic (exact) mass is 356 g/mol. The van der Waals surface area contributed by atoms with Crippen molar-refractivity contribution in [1.82, 2.24) is 19.9 Å². The van der Waals surface area contributed by atoms with Crippen LogP contribution in [0.4, 0.5) is 0 Å². The molecule has 2 amide bonds. The van der Waals surface area contributed by atoms with E-state index in [2.05, 4.69) is 15.6 Å². The fourth-order valence-electron chi connectivity index (χ4n) is 2.35. The Bertz CT molecular complexity index is 719. The zero-order valence-corrected chi connectivity index (χ0v) is 13.9. The number of hydrogen-bond acceptors (Lipinski definition) is 5. The van der Waals surface area contributed by atoms with Crippen LogP contribution >= 0.6 is 0 Å². The van der Waals surface area contributed by atoms with E-state index in [0.717, 1.165) is 12.8 Å². The molecule has 10 heteroatoms. The van der Waals surface area contributed by atoms with Crippen LogP contribution in [0.15, 0.2) is 17.2 Å². The number of aromatic nitrogens is 1. The Hall–Kier alpha value is -1.91. The molecule has 0 aromatic carbocycles. The number of hydrogen-bond donors (Lipinski definition) is 3. The molecule has 1 aromatic rings. The Balaban J connectivity index is 1.59. The lowest BCUT2D eigenvalue weighted by molar-refractivity contribution is -0.120. The van der Waals surface area contributed by atoms with Gasteiger partial charge in [-0.2, -0.15) is 4.31 Å². The van der Waals surface area contributed by atoms with Gasteiger partial charge in [-0.1, -0.05) is 0 Å². The molecule has 1 aliphatic heterocycles. The van der Waals surface area contributed by atoms with Crippen molar-refractivity contribution in [3.8, 4) is 0 Å². The zero-order chi connectivity index (χ0) is 17.2. The van der Waals surface area contributed by atoms with Crippen molar-refractivity contribution in [2.45, 2.75) is 23.8 Å². The third-order valence-electron chi connectivity index (χ3n) is 3.86. The normalized spacial score (nSPS) is 19.0. The van der Waals surface area contributed by atoms with E-state index in [1.165, 1.54) is 16.6 Å². The molecule has 0 unspecified atom stereocenters. The molecule has 0 atom stereocenters. The van der Waals surface area contributed by atoms with Gasteiger partial charge < -0.3 is 20.4 Å². The second kappa shape index (κ2) is 6.91. The van der Waals surface area contributed by atoms with Crippen molar-refractivity contribution in [3.63, 3.8) is 0 Å². The molecular weight excluding hydrogens is 336 g/mol. The minimum atomic E-state index is -3.65. The summed E-state index contributed by atoms with van der Waals surface area (Å²) in [5.74, 6) is -0.775. The molecule has 0 bridgehead atoms. The van der Waals surface area contributed by atoms with Gasteiger partial charge in [0.15, 0.2) is 0 Å². The Morgan fingerprint density at radius 3 is 2.67 bits per heavy atom. The lowest BCUT2D eigenvalue weighted by Gasteiger charge is -2.25. The van der Waals surface area contributed by atoms with Crippen LogP contribution in [0.1, 0.15) is 23.3 Å². The Morgan fingerprint density at radius 2 is 2.00 bits per heavy atom. The highest BCUT2D eigenvalue weighted by Gasteiger charge is 2.28. The summed E-state index contributed by atoms with van der Waals surface area (Å²) in [5, 5.41) is 5.22. The number of amides is 2. The average molecular weight is 356 g/mol. The van der Waals surface area contributed by atoms with Crippen LogP contribution in [-0.4, -0.2) is 68.4 Å². The summed E-state index contributed by atoms with van der Waals surface area (Å²) in [6.45, 7) is 1.15. The van der Waals surface area contributed by atoms with Gasteiger partial charge in [0.05, 0.1) is 19.8 Å². The number of aromatic amines is 1. The largest absolute Gasteiger partial charge is 0.379 e. The van der Waals surface area contributed by atoms with Gasteiger partial charge in [0.1, 0.15) is 10.6 Å². The quantitative estimate of drug-likeness (QED) is 0.606. The number of morpholine rings is 1. The van der Waals surface area contributed by atoms with Crippen molar-refractivity contribution < 1.29 is 22.7 Å². The molecular formula is C14H20N4O5S. The lowest BCUT2D eigenvalue weighted by atomic mass is 10.4. The number of nitrogens with one attached hydrogen (secondary N) is 3. The van der Waals surface area contributed by atoms with Crippen LogP contribution < -0.4 is 10.6 Å². The van der Waals surface area contributed by atoms with Gasteiger partial charge in [0, 0.05) is 25.3 Å². The standard InChI is InChI=1S/C14H20N4O5S/c19-13(17-10-1-2-10)9-16-14(20)12-7-11(8-15-12)24(21,22)18-3-5-23-6-4-18/h7-8,10,15H,1-6,9H2,(H,16,20)(H,17,19). The number of rotatable bonds is 6. The SMILES string of the molecule is O=C(CNC(=O)c1cc(S(=O)(=O)N2CCOCC2)c[nH]1)NC1CC1. The predicted molar refractivity (Wildman–Crippen MR) is 83.9 cm³/mol. The molecule has 9 nitrogen and oxygen atoms in total. The van der Waals surface area contributed by atoms with Crippen LogP contribution in [-0.2, 0) is 19.6 Å². The minimum absolute atomic E-state index is 0.0250. The van der Waals surface area contributed by atoms with Gasteiger partial charge in [-0.15, -0.1) is 0 Å².